The highest BCUT2D eigenvalue weighted by Crippen LogP contribution is 2.43. The van der Waals surface area contributed by atoms with Crippen molar-refractivity contribution in [3.63, 3.8) is 0 Å². The molecule has 1 heterocycles. The lowest BCUT2D eigenvalue weighted by molar-refractivity contribution is -0.274. The third-order valence-corrected chi connectivity index (χ3v) is 5.70. The Balaban J connectivity index is 1.82. The van der Waals surface area contributed by atoms with Crippen LogP contribution in [0.3, 0.4) is 0 Å². The number of hydrogen-bond donors (Lipinski definition) is 1. The van der Waals surface area contributed by atoms with Gasteiger partial charge in [-0.25, -0.2) is 0 Å². The van der Waals surface area contributed by atoms with Crippen LogP contribution in [-0.4, -0.2) is 36.4 Å². The van der Waals surface area contributed by atoms with E-state index in [-0.39, 0.29) is 22.9 Å². The summed E-state index contributed by atoms with van der Waals surface area (Å²) in [4.78, 5) is 27.6. The molecule has 198 valence electrons. The van der Waals surface area contributed by atoms with Crippen LogP contribution in [0.2, 0.25) is 0 Å². The first-order valence-corrected chi connectivity index (χ1v) is 11.6. The molecule has 7 nitrogen and oxygen atoms in total. The molecule has 1 fully saturated rings. The Morgan fingerprint density at radius 1 is 0.921 bits per heavy atom. The van der Waals surface area contributed by atoms with Crippen LogP contribution in [0.15, 0.2) is 78.4 Å². The number of halogens is 3. The molecule has 0 bridgehead atoms. The number of carbonyl (C=O) groups is 2. The number of nitrogens with zero attached hydrogens (tertiary/aromatic N) is 1. The van der Waals surface area contributed by atoms with Crippen molar-refractivity contribution in [1.29, 1.82) is 0 Å². The van der Waals surface area contributed by atoms with Gasteiger partial charge in [-0.05, 0) is 80.1 Å². The lowest BCUT2D eigenvalue weighted by atomic mass is 9.95. The van der Waals surface area contributed by atoms with E-state index >= 15 is 0 Å². The van der Waals surface area contributed by atoms with Gasteiger partial charge < -0.3 is 19.3 Å². The molecule has 38 heavy (non-hydrogen) atoms. The van der Waals surface area contributed by atoms with Crippen LogP contribution in [0.25, 0.3) is 5.76 Å². The van der Waals surface area contributed by atoms with Gasteiger partial charge in [0, 0.05) is 11.3 Å². The Hall–Kier alpha value is -4.47. The molecule has 1 N–H and O–H groups in total. The van der Waals surface area contributed by atoms with Gasteiger partial charge in [0.05, 0.1) is 24.8 Å². The Morgan fingerprint density at radius 3 is 2.13 bits per heavy atom. The molecule has 1 unspecified atom stereocenters. The van der Waals surface area contributed by atoms with Crippen molar-refractivity contribution < 1.29 is 42.1 Å². The third-order valence-electron chi connectivity index (χ3n) is 5.70. The predicted octanol–water partition coefficient (Wildman–Crippen LogP) is 6.01. The van der Waals surface area contributed by atoms with Crippen molar-refractivity contribution in [1.82, 2.24) is 0 Å². The summed E-state index contributed by atoms with van der Waals surface area (Å²) in [7, 11) is 1.45. The van der Waals surface area contributed by atoms with Gasteiger partial charge in [-0.15, -0.1) is 13.2 Å². The average molecular weight is 527 g/mol. The summed E-state index contributed by atoms with van der Waals surface area (Å²) in [5, 5.41) is 11.2. The molecule has 1 saturated heterocycles. The van der Waals surface area contributed by atoms with E-state index in [1.165, 1.54) is 19.2 Å². The summed E-state index contributed by atoms with van der Waals surface area (Å²) in [5.74, 6) is -1.80. The third kappa shape index (κ3) is 5.59. The molecule has 1 aliphatic rings. The normalized spacial score (nSPS) is 17.1. The van der Waals surface area contributed by atoms with Crippen LogP contribution >= 0.6 is 0 Å². The minimum absolute atomic E-state index is 0.0687. The van der Waals surface area contributed by atoms with Crippen LogP contribution in [0.1, 0.15) is 31.0 Å². The van der Waals surface area contributed by atoms with E-state index in [0.717, 1.165) is 17.0 Å². The van der Waals surface area contributed by atoms with Crippen LogP contribution in [-0.2, 0) is 9.59 Å². The molecule has 0 aliphatic carbocycles. The van der Waals surface area contributed by atoms with E-state index in [1.54, 1.807) is 48.5 Å². The van der Waals surface area contributed by atoms with E-state index in [4.69, 9.17) is 9.47 Å². The van der Waals surface area contributed by atoms with Crippen molar-refractivity contribution >= 4 is 23.1 Å². The van der Waals surface area contributed by atoms with Crippen LogP contribution in [0.5, 0.6) is 17.2 Å². The summed E-state index contributed by atoms with van der Waals surface area (Å²) in [6.45, 7) is 3.73. The van der Waals surface area contributed by atoms with Crippen LogP contribution in [0, 0.1) is 0 Å². The fourth-order valence-electron chi connectivity index (χ4n) is 4.15. The molecular formula is C28H24F3NO6. The number of methoxy groups -OCH3 is 1. The van der Waals surface area contributed by atoms with E-state index in [0.29, 0.717) is 17.1 Å². The fourth-order valence-corrected chi connectivity index (χ4v) is 4.15. The highest BCUT2D eigenvalue weighted by molar-refractivity contribution is 6.51. The van der Waals surface area contributed by atoms with E-state index in [2.05, 4.69) is 4.74 Å². The molecule has 0 radical (unpaired) electrons. The Bertz CT molecular complexity index is 1360. The van der Waals surface area contributed by atoms with Crippen LogP contribution < -0.4 is 19.1 Å². The Morgan fingerprint density at radius 2 is 1.55 bits per heavy atom. The minimum Gasteiger partial charge on any atom is -0.507 e. The zero-order valence-corrected chi connectivity index (χ0v) is 20.7. The molecule has 0 aromatic heterocycles. The van der Waals surface area contributed by atoms with Gasteiger partial charge in [-0.3, -0.25) is 14.5 Å². The molecule has 4 rings (SSSR count). The number of ether oxygens (including phenoxy) is 3. The maximum atomic E-state index is 13.3. The van der Waals surface area contributed by atoms with Crippen molar-refractivity contribution in [2.75, 3.05) is 12.0 Å². The molecule has 1 aliphatic heterocycles. The highest BCUT2D eigenvalue weighted by Gasteiger charge is 2.47. The molecule has 3 aromatic rings. The number of amides is 1. The molecule has 0 spiro atoms. The fraction of sp³-hybridized carbons (Fsp3) is 0.214. The van der Waals surface area contributed by atoms with Crippen LogP contribution in [0.4, 0.5) is 18.9 Å². The molecule has 10 heteroatoms. The zero-order chi connectivity index (χ0) is 27.6. The topological polar surface area (TPSA) is 85.3 Å². The molecule has 0 saturated carbocycles. The average Bonchev–Trinajstić information content (AvgIpc) is 3.13. The number of carbonyl (C=O) groups excluding carboxylic acids is 2. The van der Waals surface area contributed by atoms with Gasteiger partial charge in [0.15, 0.2) is 0 Å². The largest absolute Gasteiger partial charge is 0.573 e. The van der Waals surface area contributed by atoms with Gasteiger partial charge in [-0.2, -0.15) is 0 Å². The number of aliphatic hydroxyl groups is 1. The zero-order valence-electron chi connectivity index (χ0n) is 20.7. The number of Topliss-reactive ketones (excluding diaryl/α,β-unsaturated/α-hetero) is 1. The van der Waals surface area contributed by atoms with E-state index in [1.807, 2.05) is 13.8 Å². The van der Waals surface area contributed by atoms with Crippen molar-refractivity contribution in [2.45, 2.75) is 32.4 Å². The maximum absolute atomic E-state index is 13.3. The SMILES string of the molecule is COc1cccc(C2/C(=C(/O)c3ccc(OC(C)C)cc3)C(=O)C(=O)N2c2ccc(OC(F)(F)F)cc2)c1. The van der Waals surface area contributed by atoms with Gasteiger partial charge in [0.1, 0.15) is 23.0 Å². The standard InChI is InChI=1S/C28H24F3NO6/c1-16(2)37-20-11-7-17(8-12-20)25(33)23-24(18-5-4-6-22(15-18)36-3)32(27(35)26(23)34)19-9-13-21(14-10-19)38-28(29,30)31/h4-16,24,33H,1-3H3/b25-23-. The summed E-state index contributed by atoms with van der Waals surface area (Å²) in [6.07, 6.45) is -4.96. The van der Waals surface area contributed by atoms with Gasteiger partial charge in [0.25, 0.3) is 11.7 Å². The predicted molar refractivity (Wildman–Crippen MR) is 133 cm³/mol. The minimum atomic E-state index is -4.89. The second-order valence-corrected chi connectivity index (χ2v) is 8.68. The molecule has 1 atom stereocenters. The number of rotatable bonds is 7. The molecular weight excluding hydrogens is 503 g/mol. The smallest absolute Gasteiger partial charge is 0.507 e. The number of benzene rings is 3. The number of alkyl halides is 3. The monoisotopic (exact) mass is 527 g/mol. The van der Waals surface area contributed by atoms with Gasteiger partial charge in [0.2, 0.25) is 0 Å². The highest BCUT2D eigenvalue weighted by atomic mass is 19.4. The van der Waals surface area contributed by atoms with Crippen molar-refractivity contribution in [3.8, 4) is 17.2 Å². The second kappa shape index (κ2) is 10.5. The Labute approximate surface area is 216 Å². The first-order chi connectivity index (χ1) is 18.0. The van der Waals surface area contributed by atoms with Gasteiger partial charge in [-0.1, -0.05) is 12.1 Å². The molecule has 3 aromatic carbocycles. The summed E-state index contributed by atoms with van der Waals surface area (Å²) in [6, 6.07) is 16.4. The number of ketones is 1. The van der Waals surface area contributed by atoms with E-state index in [9.17, 15) is 27.9 Å². The van der Waals surface area contributed by atoms with Gasteiger partial charge >= 0.3 is 6.36 Å². The first kappa shape index (κ1) is 26.6. The summed E-state index contributed by atoms with van der Waals surface area (Å²) >= 11 is 0. The Kier molecular flexibility index (Phi) is 7.34. The van der Waals surface area contributed by atoms with Crippen molar-refractivity contribution in [2.24, 2.45) is 0 Å². The first-order valence-electron chi connectivity index (χ1n) is 11.6. The van der Waals surface area contributed by atoms with E-state index < -0.39 is 35.6 Å². The quantitative estimate of drug-likeness (QED) is 0.230. The second-order valence-electron chi connectivity index (χ2n) is 8.68. The number of hydrogen-bond acceptors (Lipinski definition) is 6. The lowest BCUT2D eigenvalue weighted by Gasteiger charge is -2.26. The summed E-state index contributed by atoms with van der Waals surface area (Å²) < 4.78 is 52.7. The molecule has 1 amide bonds. The summed E-state index contributed by atoms with van der Waals surface area (Å²) in [5.41, 5.74) is 0.673. The maximum Gasteiger partial charge on any atom is 0.573 e. The number of aliphatic hydroxyl groups excluding tert-OH is 1. The number of anilines is 1. The lowest BCUT2D eigenvalue weighted by Crippen LogP contribution is -2.29. The van der Waals surface area contributed by atoms with Crippen molar-refractivity contribution in [3.05, 3.63) is 89.5 Å².